The topological polar surface area (TPSA) is 35.5 Å². The molecule has 0 aliphatic carbocycles. The summed E-state index contributed by atoms with van der Waals surface area (Å²) >= 11 is 0. The van der Waals surface area contributed by atoms with Gasteiger partial charge in [0.25, 0.3) is 0 Å². The van der Waals surface area contributed by atoms with Gasteiger partial charge in [0.1, 0.15) is 24.7 Å². The fraction of sp³-hybridized carbons (Fsp3) is 0.400. The zero-order chi connectivity index (χ0) is 13.4. The molecule has 1 atom stereocenters. The molecule has 0 heterocycles. The van der Waals surface area contributed by atoms with E-state index >= 15 is 0 Å². The average Bonchev–Trinajstić information content (AvgIpc) is 2.35. The van der Waals surface area contributed by atoms with E-state index in [2.05, 4.69) is 5.92 Å². The SMILES string of the molecule is C#CCOc1cccc(CC(C=O)OC(C)C)c1. The molecule has 0 saturated carbocycles. The maximum Gasteiger partial charge on any atom is 0.149 e. The van der Waals surface area contributed by atoms with Gasteiger partial charge in [0.05, 0.1) is 6.10 Å². The van der Waals surface area contributed by atoms with E-state index in [1.807, 2.05) is 38.1 Å². The van der Waals surface area contributed by atoms with Crippen LogP contribution in [0.15, 0.2) is 24.3 Å². The van der Waals surface area contributed by atoms with Crippen molar-refractivity contribution in [3.63, 3.8) is 0 Å². The van der Waals surface area contributed by atoms with Crippen molar-refractivity contribution >= 4 is 6.29 Å². The number of hydrogen-bond acceptors (Lipinski definition) is 3. The number of benzene rings is 1. The van der Waals surface area contributed by atoms with E-state index in [9.17, 15) is 4.79 Å². The lowest BCUT2D eigenvalue weighted by Gasteiger charge is -2.15. The molecule has 0 amide bonds. The maximum atomic E-state index is 10.9. The minimum Gasteiger partial charge on any atom is -0.481 e. The van der Waals surface area contributed by atoms with Crippen molar-refractivity contribution < 1.29 is 14.3 Å². The van der Waals surface area contributed by atoms with Crippen LogP contribution in [0, 0.1) is 12.3 Å². The van der Waals surface area contributed by atoms with E-state index in [0.29, 0.717) is 12.2 Å². The summed E-state index contributed by atoms with van der Waals surface area (Å²) < 4.78 is 10.8. The molecule has 1 aromatic rings. The molecule has 1 rings (SSSR count). The molecule has 0 aliphatic rings. The Hall–Kier alpha value is -1.79. The van der Waals surface area contributed by atoms with Crippen LogP contribution in [0.25, 0.3) is 0 Å². The highest BCUT2D eigenvalue weighted by Gasteiger charge is 2.11. The first kappa shape index (κ1) is 14.3. The number of carbonyl (C=O) groups is 1. The Morgan fingerprint density at radius 3 is 2.83 bits per heavy atom. The second kappa shape index (κ2) is 7.52. The summed E-state index contributed by atoms with van der Waals surface area (Å²) in [5.41, 5.74) is 0.988. The first-order valence-electron chi connectivity index (χ1n) is 5.91. The van der Waals surface area contributed by atoms with Crippen molar-refractivity contribution in [2.75, 3.05) is 6.61 Å². The van der Waals surface area contributed by atoms with Crippen LogP contribution in [0.5, 0.6) is 5.75 Å². The summed E-state index contributed by atoms with van der Waals surface area (Å²) in [7, 11) is 0. The lowest BCUT2D eigenvalue weighted by molar-refractivity contribution is -0.120. The fourth-order valence-electron chi connectivity index (χ4n) is 1.60. The summed E-state index contributed by atoms with van der Waals surface area (Å²) in [5.74, 6) is 3.12. The Kier molecular flexibility index (Phi) is 5.96. The molecule has 0 bridgehead atoms. The molecule has 0 N–H and O–H groups in total. The van der Waals surface area contributed by atoms with Crippen molar-refractivity contribution in [2.45, 2.75) is 32.5 Å². The molecular formula is C15H18O3. The summed E-state index contributed by atoms with van der Waals surface area (Å²) in [6, 6.07) is 7.51. The van der Waals surface area contributed by atoms with Crippen LogP contribution >= 0.6 is 0 Å². The minimum absolute atomic E-state index is 0.0288. The largest absolute Gasteiger partial charge is 0.481 e. The van der Waals surface area contributed by atoms with Gasteiger partial charge in [-0.15, -0.1) is 6.42 Å². The predicted molar refractivity (Wildman–Crippen MR) is 70.5 cm³/mol. The molecule has 0 aliphatic heterocycles. The average molecular weight is 246 g/mol. The van der Waals surface area contributed by atoms with E-state index in [0.717, 1.165) is 11.8 Å². The third-order valence-electron chi connectivity index (χ3n) is 2.26. The normalized spacial score (nSPS) is 11.9. The molecule has 18 heavy (non-hydrogen) atoms. The lowest BCUT2D eigenvalue weighted by Crippen LogP contribution is -2.21. The monoisotopic (exact) mass is 246 g/mol. The molecule has 1 aromatic carbocycles. The third kappa shape index (κ3) is 5.03. The third-order valence-corrected chi connectivity index (χ3v) is 2.26. The molecule has 0 fully saturated rings. The van der Waals surface area contributed by atoms with E-state index in [4.69, 9.17) is 15.9 Å². The highest BCUT2D eigenvalue weighted by molar-refractivity contribution is 5.57. The molecule has 3 heteroatoms. The number of aldehydes is 1. The van der Waals surface area contributed by atoms with E-state index in [-0.39, 0.29) is 12.7 Å². The van der Waals surface area contributed by atoms with Crippen molar-refractivity contribution in [3.05, 3.63) is 29.8 Å². The Labute approximate surface area is 108 Å². The van der Waals surface area contributed by atoms with Crippen LogP contribution in [-0.2, 0) is 16.0 Å². The summed E-state index contributed by atoms with van der Waals surface area (Å²) in [6.45, 7) is 4.05. The first-order chi connectivity index (χ1) is 8.65. The van der Waals surface area contributed by atoms with Crippen LogP contribution in [0.2, 0.25) is 0 Å². The second-order valence-electron chi connectivity index (χ2n) is 4.20. The molecule has 1 unspecified atom stereocenters. The molecular weight excluding hydrogens is 228 g/mol. The molecule has 0 saturated heterocycles. The standard InChI is InChI=1S/C15H18O3/c1-4-8-17-14-7-5-6-13(9-14)10-15(11-16)18-12(2)3/h1,5-7,9,11-12,15H,8,10H2,2-3H3. The second-order valence-corrected chi connectivity index (χ2v) is 4.20. The lowest BCUT2D eigenvalue weighted by atomic mass is 10.1. The minimum atomic E-state index is -0.423. The van der Waals surface area contributed by atoms with Crippen molar-refractivity contribution in [1.82, 2.24) is 0 Å². The predicted octanol–water partition coefficient (Wildman–Crippen LogP) is 2.23. The van der Waals surface area contributed by atoms with Crippen LogP contribution in [0.4, 0.5) is 0 Å². The van der Waals surface area contributed by atoms with E-state index in [1.165, 1.54) is 0 Å². The Balaban J connectivity index is 2.65. The summed E-state index contributed by atoms with van der Waals surface area (Å²) in [4.78, 5) is 10.9. The highest BCUT2D eigenvalue weighted by Crippen LogP contribution is 2.15. The Morgan fingerprint density at radius 2 is 2.22 bits per heavy atom. The van der Waals surface area contributed by atoms with Gasteiger partial charge >= 0.3 is 0 Å². The van der Waals surface area contributed by atoms with Crippen molar-refractivity contribution in [1.29, 1.82) is 0 Å². The smallest absolute Gasteiger partial charge is 0.149 e. The number of terminal acetylenes is 1. The zero-order valence-corrected chi connectivity index (χ0v) is 10.8. The fourth-order valence-corrected chi connectivity index (χ4v) is 1.60. The van der Waals surface area contributed by atoms with Gasteiger partial charge < -0.3 is 14.3 Å². The van der Waals surface area contributed by atoms with E-state index in [1.54, 1.807) is 0 Å². The Morgan fingerprint density at radius 1 is 1.44 bits per heavy atom. The summed E-state index contributed by atoms with van der Waals surface area (Å²) in [6.07, 6.45) is 6.10. The van der Waals surface area contributed by atoms with Crippen LogP contribution < -0.4 is 4.74 Å². The first-order valence-corrected chi connectivity index (χ1v) is 5.91. The maximum absolute atomic E-state index is 10.9. The number of ether oxygens (including phenoxy) is 2. The van der Waals surface area contributed by atoms with Gasteiger partial charge in [-0.05, 0) is 31.5 Å². The van der Waals surface area contributed by atoms with Crippen molar-refractivity contribution in [3.8, 4) is 18.1 Å². The van der Waals surface area contributed by atoms with Gasteiger partial charge in [-0.1, -0.05) is 18.1 Å². The molecule has 3 nitrogen and oxygen atoms in total. The van der Waals surface area contributed by atoms with Gasteiger partial charge in [0.2, 0.25) is 0 Å². The Bertz CT molecular complexity index is 418. The highest BCUT2D eigenvalue weighted by atomic mass is 16.5. The van der Waals surface area contributed by atoms with Gasteiger partial charge in [0, 0.05) is 6.42 Å². The van der Waals surface area contributed by atoms with Crippen LogP contribution in [0.3, 0.4) is 0 Å². The molecule has 96 valence electrons. The quantitative estimate of drug-likeness (QED) is 0.546. The molecule has 0 spiro atoms. The van der Waals surface area contributed by atoms with Gasteiger partial charge in [-0.2, -0.15) is 0 Å². The molecule has 0 radical (unpaired) electrons. The number of hydrogen-bond donors (Lipinski definition) is 0. The van der Waals surface area contributed by atoms with Gasteiger partial charge in [-0.3, -0.25) is 0 Å². The molecule has 0 aromatic heterocycles. The zero-order valence-electron chi connectivity index (χ0n) is 10.8. The summed E-state index contributed by atoms with van der Waals surface area (Å²) in [5, 5.41) is 0. The van der Waals surface area contributed by atoms with Crippen LogP contribution in [0.1, 0.15) is 19.4 Å². The number of carbonyl (C=O) groups excluding carboxylic acids is 1. The van der Waals surface area contributed by atoms with Gasteiger partial charge in [-0.25, -0.2) is 0 Å². The van der Waals surface area contributed by atoms with Crippen molar-refractivity contribution in [2.24, 2.45) is 0 Å². The van der Waals surface area contributed by atoms with E-state index < -0.39 is 6.10 Å². The van der Waals surface area contributed by atoms with Gasteiger partial charge in [0.15, 0.2) is 0 Å². The number of rotatable bonds is 7. The van der Waals surface area contributed by atoms with Crippen LogP contribution in [-0.4, -0.2) is 25.1 Å².